The summed E-state index contributed by atoms with van der Waals surface area (Å²) in [5.74, 6) is -5.99. The third kappa shape index (κ3) is 8.47. The van der Waals surface area contributed by atoms with E-state index in [2.05, 4.69) is 25.9 Å². The number of carboxylic acids is 2. The SMILES string of the molecule is NC(=O)CC(N)C(=O)NC(Cc1c[nH]c2ccccc12)C(=O)NC(Cc1c[nH]c2ccccc12)C(=O)NC(CCC(=O)O)C(=O)O. The summed E-state index contributed by atoms with van der Waals surface area (Å²) in [5, 5.41) is 27.7. The highest BCUT2D eigenvalue weighted by atomic mass is 16.4. The second-order valence-corrected chi connectivity index (χ2v) is 10.9. The molecular weight excluding hydrogens is 598 g/mol. The van der Waals surface area contributed by atoms with Crippen LogP contribution in [0.15, 0.2) is 60.9 Å². The van der Waals surface area contributed by atoms with Gasteiger partial charge < -0.3 is 47.6 Å². The first-order chi connectivity index (χ1) is 21.9. The number of hydrogen-bond donors (Lipinski definition) is 9. The minimum atomic E-state index is -1.54. The van der Waals surface area contributed by atoms with E-state index in [9.17, 15) is 33.9 Å². The summed E-state index contributed by atoms with van der Waals surface area (Å²) in [6.45, 7) is 0. The summed E-state index contributed by atoms with van der Waals surface area (Å²) in [4.78, 5) is 80.8. The van der Waals surface area contributed by atoms with Gasteiger partial charge >= 0.3 is 11.9 Å². The molecule has 4 amide bonds. The van der Waals surface area contributed by atoms with E-state index in [0.29, 0.717) is 11.1 Å². The number of para-hydroxylation sites is 2. The molecule has 2 aromatic heterocycles. The van der Waals surface area contributed by atoms with Crippen molar-refractivity contribution in [3.63, 3.8) is 0 Å². The molecule has 15 nitrogen and oxygen atoms in total. The molecule has 4 atom stereocenters. The van der Waals surface area contributed by atoms with Crippen molar-refractivity contribution >= 4 is 57.4 Å². The quantitative estimate of drug-likeness (QED) is 0.0805. The fourth-order valence-corrected chi connectivity index (χ4v) is 5.12. The maximum Gasteiger partial charge on any atom is 0.326 e. The topological polar surface area (TPSA) is 263 Å². The number of carboxylic acid groups (broad SMARTS) is 2. The van der Waals surface area contributed by atoms with Crippen LogP contribution in [-0.2, 0) is 41.6 Å². The molecule has 0 saturated heterocycles. The molecule has 0 aliphatic carbocycles. The van der Waals surface area contributed by atoms with Gasteiger partial charge in [0.25, 0.3) is 0 Å². The second-order valence-electron chi connectivity index (χ2n) is 10.9. The van der Waals surface area contributed by atoms with Gasteiger partial charge in [-0.15, -0.1) is 0 Å². The first-order valence-electron chi connectivity index (χ1n) is 14.4. The largest absolute Gasteiger partial charge is 0.481 e. The summed E-state index contributed by atoms with van der Waals surface area (Å²) in [5.41, 5.74) is 13.9. The number of fused-ring (bicyclic) bond motifs is 2. The normalized spacial score (nSPS) is 13.8. The molecule has 15 heteroatoms. The fraction of sp³-hybridized carbons (Fsp3) is 0.290. The van der Waals surface area contributed by atoms with Crippen molar-refractivity contribution in [2.45, 2.75) is 56.3 Å². The van der Waals surface area contributed by atoms with E-state index in [1.54, 1.807) is 24.5 Å². The van der Waals surface area contributed by atoms with Crippen LogP contribution >= 0.6 is 0 Å². The van der Waals surface area contributed by atoms with E-state index in [0.717, 1.165) is 21.8 Å². The van der Waals surface area contributed by atoms with Crippen molar-refractivity contribution in [2.75, 3.05) is 0 Å². The van der Waals surface area contributed by atoms with Gasteiger partial charge in [-0.05, 0) is 29.7 Å². The van der Waals surface area contributed by atoms with Crippen LogP contribution in [0.1, 0.15) is 30.4 Å². The van der Waals surface area contributed by atoms with Crippen molar-refractivity contribution in [1.29, 1.82) is 0 Å². The lowest BCUT2D eigenvalue weighted by atomic mass is 10.0. The van der Waals surface area contributed by atoms with E-state index in [4.69, 9.17) is 16.6 Å². The van der Waals surface area contributed by atoms with Crippen LogP contribution in [0.3, 0.4) is 0 Å². The predicted octanol–water partition coefficient (Wildman–Crippen LogP) is 0.0409. The number of nitrogens with two attached hydrogens (primary N) is 2. The van der Waals surface area contributed by atoms with E-state index in [1.165, 1.54) is 0 Å². The van der Waals surface area contributed by atoms with Crippen molar-refractivity contribution in [3.05, 3.63) is 72.1 Å². The third-order valence-electron chi connectivity index (χ3n) is 7.48. The number of carbonyl (C=O) groups is 6. The number of hydrogen-bond acceptors (Lipinski definition) is 7. The van der Waals surface area contributed by atoms with E-state index in [-0.39, 0.29) is 19.3 Å². The minimum Gasteiger partial charge on any atom is -0.481 e. The van der Waals surface area contributed by atoms with Gasteiger partial charge in [0.2, 0.25) is 23.6 Å². The lowest BCUT2D eigenvalue weighted by molar-refractivity contribution is -0.143. The van der Waals surface area contributed by atoms with E-state index < -0.39 is 72.6 Å². The highest BCUT2D eigenvalue weighted by molar-refractivity contribution is 5.96. The molecule has 2 heterocycles. The Balaban J connectivity index is 1.64. The standard InChI is InChI=1S/C31H35N7O8/c32-20(13-26(33)39)28(42)37-24(11-16-14-34-21-7-3-1-5-18(16)21)30(44)38-25(12-17-15-35-22-8-4-2-6-19(17)22)29(43)36-23(31(45)46)9-10-27(40)41/h1-8,14-15,20,23-25,34-35H,9-13,32H2,(H2,33,39)(H,36,43)(H,37,42)(H,38,44)(H,40,41)(H,45,46). The Labute approximate surface area is 262 Å². The van der Waals surface area contributed by atoms with E-state index >= 15 is 0 Å². The highest BCUT2D eigenvalue weighted by Crippen LogP contribution is 2.21. The third-order valence-corrected chi connectivity index (χ3v) is 7.48. The second kappa shape index (κ2) is 14.9. The number of amides is 4. The molecule has 0 radical (unpaired) electrons. The molecule has 46 heavy (non-hydrogen) atoms. The summed E-state index contributed by atoms with van der Waals surface area (Å²) in [7, 11) is 0. The molecule has 0 spiro atoms. The zero-order valence-corrected chi connectivity index (χ0v) is 24.6. The van der Waals surface area contributed by atoms with E-state index in [1.807, 2.05) is 36.4 Å². The van der Waals surface area contributed by atoms with Crippen LogP contribution in [0.25, 0.3) is 21.8 Å². The molecule has 0 aliphatic rings. The van der Waals surface area contributed by atoms with Crippen molar-refractivity contribution in [1.82, 2.24) is 25.9 Å². The summed E-state index contributed by atoms with van der Waals surface area (Å²) in [6.07, 6.45) is 1.85. The molecule has 0 fully saturated rings. The van der Waals surface area contributed by atoms with Gasteiger partial charge in [-0.25, -0.2) is 4.79 Å². The van der Waals surface area contributed by atoms with Crippen LogP contribution in [0.4, 0.5) is 0 Å². The molecule has 2 aromatic carbocycles. The first-order valence-corrected chi connectivity index (χ1v) is 14.4. The predicted molar refractivity (Wildman–Crippen MR) is 166 cm³/mol. The average molecular weight is 634 g/mol. The maximum atomic E-state index is 13.9. The van der Waals surface area contributed by atoms with Crippen molar-refractivity contribution in [2.24, 2.45) is 11.5 Å². The Morgan fingerprint density at radius 2 is 1.15 bits per heavy atom. The number of rotatable bonds is 16. The summed E-state index contributed by atoms with van der Waals surface area (Å²) < 4.78 is 0. The zero-order valence-electron chi connectivity index (χ0n) is 24.6. The van der Waals surface area contributed by atoms with Crippen LogP contribution in [-0.4, -0.2) is 79.9 Å². The number of benzene rings is 2. The molecule has 0 bridgehead atoms. The minimum absolute atomic E-state index is 0.0390. The molecule has 0 aliphatic heterocycles. The van der Waals surface area contributed by atoms with Gasteiger partial charge in [-0.3, -0.25) is 24.0 Å². The number of nitrogens with one attached hydrogen (secondary N) is 5. The Kier molecular flexibility index (Phi) is 10.7. The number of aromatic amines is 2. The highest BCUT2D eigenvalue weighted by Gasteiger charge is 2.32. The average Bonchev–Trinajstić information content (AvgIpc) is 3.61. The first kappa shape index (κ1) is 33.2. The number of H-pyrrole nitrogens is 2. The Morgan fingerprint density at radius 3 is 1.61 bits per heavy atom. The molecular formula is C31H35N7O8. The van der Waals surface area contributed by atoms with Crippen LogP contribution in [0.5, 0.6) is 0 Å². The van der Waals surface area contributed by atoms with Crippen LogP contribution in [0.2, 0.25) is 0 Å². The number of carbonyl (C=O) groups excluding carboxylic acids is 4. The fourth-order valence-electron chi connectivity index (χ4n) is 5.12. The van der Waals surface area contributed by atoms with Crippen LogP contribution in [0, 0.1) is 0 Å². The number of aromatic nitrogens is 2. The molecule has 11 N–H and O–H groups in total. The summed E-state index contributed by atoms with van der Waals surface area (Å²) >= 11 is 0. The molecule has 4 rings (SSSR count). The lowest BCUT2D eigenvalue weighted by Crippen LogP contribution is -2.58. The maximum absolute atomic E-state index is 13.9. The molecule has 0 saturated carbocycles. The number of primary amides is 1. The Morgan fingerprint density at radius 1 is 0.696 bits per heavy atom. The van der Waals surface area contributed by atoms with Crippen LogP contribution < -0.4 is 27.4 Å². The Bertz CT molecular complexity index is 1760. The zero-order chi connectivity index (χ0) is 33.4. The van der Waals surface area contributed by atoms with Crippen molar-refractivity contribution < 1.29 is 39.0 Å². The van der Waals surface area contributed by atoms with Gasteiger partial charge in [0.1, 0.15) is 18.1 Å². The molecule has 242 valence electrons. The van der Waals surface area contributed by atoms with Gasteiger partial charge in [0.15, 0.2) is 0 Å². The van der Waals surface area contributed by atoms with Gasteiger partial charge in [0, 0.05) is 53.5 Å². The molecule has 4 aromatic rings. The van der Waals surface area contributed by atoms with Crippen molar-refractivity contribution in [3.8, 4) is 0 Å². The monoisotopic (exact) mass is 633 g/mol. The smallest absolute Gasteiger partial charge is 0.326 e. The van der Waals surface area contributed by atoms with Gasteiger partial charge in [0.05, 0.1) is 12.5 Å². The Hall–Kier alpha value is -5.70. The molecule has 4 unspecified atom stereocenters. The number of aliphatic carboxylic acids is 2. The lowest BCUT2D eigenvalue weighted by Gasteiger charge is -2.25. The van der Waals surface area contributed by atoms with Gasteiger partial charge in [-0.2, -0.15) is 0 Å². The summed E-state index contributed by atoms with van der Waals surface area (Å²) in [6, 6.07) is 9.01. The van der Waals surface area contributed by atoms with Gasteiger partial charge in [-0.1, -0.05) is 36.4 Å².